The maximum atomic E-state index is 12.4. The van der Waals surface area contributed by atoms with Crippen molar-refractivity contribution in [2.24, 2.45) is 11.8 Å². The molecule has 0 radical (unpaired) electrons. The summed E-state index contributed by atoms with van der Waals surface area (Å²) in [5, 5.41) is 8.93. The lowest BCUT2D eigenvalue weighted by Gasteiger charge is -2.23. The first-order valence-electron chi connectivity index (χ1n) is 8.62. The second-order valence-corrected chi connectivity index (χ2v) is 7.15. The fraction of sp³-hybridized carbons (Fsp3) is 0.812. The largest absolute Gasteiger partial charge is 0.355 e. The van der Waals surface area contributed by atoms with Gasteiger partial charge in [-0.25, -0.2) is 4.79 Å². The van der Waals surface area contributed by atoms with Crippen LogP contribution in [0.2, 0.25) is 0 Å². The Bertz CT molecular complexity index is 500. The van der Waals surface area contributed by atoms with E-state index in [9.17, 15) is 14.4 Å². The number of carbonyl (C=O) groups is 3. The molecule has 0 aromatic rings. The fourth-order valence-electron chi connectivity index (χ4n) is 3.58. The quantitative estimate of drug-likeness (QED) is 0.610. The van der Waals surface area contributed by atoms with Crippen LogP contribution in [0, 0.1) is 11.8 Å². The van der Waals surface area contributed by atoms with Gasteiger partial charge in [-0.1, -0.05) is 0 Å². The van der Waals surface area contributed by atoms with E-state index in [1.54, 1.807) is 6.92 Å². The van der Waals surface area contributed by atoms with Gasteiger partial charge in [-0.3, -0.25) is 14.5 Å². The molecule has 128 valence electrons. The highest BCUT2D eigenvalue weighted by molar-refractivity contribution is 6.09. The van der Waals surface area contributed by atoms with Crippen LogP contribution >= 0.6 is 0 Å². The van der Waals surface area contributed by atoms with Crippen molar-refractivity contribution in [2.45, 2.75) is 44.6 Å². The Morgan fingerprint density at radius 1 is 1.35 bits per heavy atom. The van der Waals surface area contributed by atoms with Crippen molar-refractivity contribution in [2.75, 3.05) is 26.2 Å². The lowest BCUT2D eigenvalue weighted by atomic mass is 9.96. The minimum absolute atomic E-state index is 0.185. The van der Waals surface area contributed by atoms with Crippen molar-refractivity contribution in [1.29, 1.82) is 0 Å². The van der Waals surface area contributed by atoms with Gasteiger partial charge in [-0.15, -0.1) is 0 Å². The van der Waals surface area contributed by atoms with Crippen molar-refractivity contribution >= 4 is 17.8 Å². The fourth-order valence-corrected chi connectivity index (χ4v) is 3.58. The molecule has 23 heavy (non-hydrogen) atoms. The molecule has 0 aromatic heterocycles. The second-order valence-electron chi connectivity index (χ2n) is 7.15. The van der Waals surface area contributed by atoms with Crippen LogP contribution in [0.4, 0.5) is 4.79 Å². The van der Waals surface area contributed by atoms with Crippen LogP contribution in [0.15, 0.2) is 0 Å². The van der Waals surface area contributed by atoms with Gasteiger partial charge in [0, 0.05) is 6.54 Å². The van der Waals surface area contributed by atoms with E-state index in [2.05, 4.69) is 16.0 Å². The smallest absolute Gasteiger partial charge is 0.325 e. The van der Waals surface area contributed by atoms with Crippen LogP contribution in [0.5, 0.6) is 0 Å². The maximum absolute atomic E-state index is 12.4. The molecular formula is C16H26N4O3. The number of rotatable bonds is 6. The molecule has 1 aliphatic carbocycles. The Kier molecular flexibility index (Phi) is 4.57. The Labute approximate surface area is 136 Å². The van der Waals surface area contributed by atoms with Gasteiger partial charge in [-0.05, 0) is 64.0 Å². The number of urea groups is 1. The molecule has 0 spiro atoms. The van der Waals surface area contributed by atoms with Crippen molar-refractivity contribution in [3.05, 3.63) is 0 Å². The normalized spacial score (nSPS) is 31.2. The Morgan fingerprint density at radius 3 is 2.78 bits per heavy atom. The zero-order chi connectivity index (χ0) is 16.4. The van der Waals surface area contributed by atoms with E-state index in [4.69, 9.17) is 0 Å². The van der Waals surface area contributed by atoms with Crippen LogP contribution in [0.3, 0.4) is 0 Å². The molecule has 2 unspecified atom stereocenters. The average molecular weight is 322 g/mol. The van der Waals surface area contributed by atoms with Crippen LogP contribution in [0.25, 0.3) is 0 Å². The van der Waals surface area contributed by atoms with E-state index in [-0.39, 0.29) is 24.3 Å². The topological polar surface area (TPSA) is 90.5 Å². The number of nitrogens with zero attached hydrogens (tertiary/aromatic N) is 1. The average Bonchev–Trinajstić information content (AvgIpc) is 3.35. The van der Waals surface area contributed by atoms with Gasteiger partial charge in [0.2, 0.25) is 5.91 Å². The lowest BCUT2D eigenvalue weighted by molar-refractivity contribution is -0.135. The summed E-state index contributed by atoms with van der Waals surface area (Å²) < 4.78 is 0. The van der Waals surface area contributed by atoms with E-state index in [1.165, 1.54) is 12.8 Å². The van der Waals surface area contributed by atoms with Crippen LogP contribution in [-0.2, 0) is 9.59 Å². The summed E-state index contributed by atoms with van der Waals surface area (Å²) in [5.41, 5.74) is -0.814. The van der Waals surface area contributed by atoms with Crippen molar-refractivity contribution in [1.82, 2.24) is 20.9 Å². The summed E-state index contributed by atoms with van der Waals surface area (Å²) in [6.45, 7) is 4.25. The number of nitrogens with one attached hydrogen (secondary N) is 3. The van der Waals surface area contributed by atoms with Gasteiger partial charge in [0.05, 0.1) is 0 Å². The number of hydrogen-bond donors (Lipinski definition) is 3. The monoisotopic (exact) mass is 322 g/mol. The third-order valence-electron chi connectivity index (χ3n) is 5.27. The van der Waals surface area contributed by atoms with Gasteiger partial charge in [0.15, 0.2) is 0 Å². The van der Waals surface area contributed by atoms with E-state index < -0.39 is 11.6 Å². The summed E-state index contributed by atoms with van der Waals surface area (Å²) in [5.74, 6) is 0.277. The number of amides is 4. The molecule has 3 rings (SSSR count). The first-order chi connectivity index (χ1) is 11.0. The third-order valence-corrected chi connectivity index (χ3v) is 5.27. The first-order valence-corrected chi connectivity index (χ1v) is 8.62. The predicted octanol–water partition coefficient (Wildman–Crippen LogP) is 0.213. The van der Waals surface area contributed by atoms with Crippen molar-refractivity contribution in [3.63, 3.8) is 0 Å². The molecule has 7 heteroatoms. The molecule has 0 bridgehead atoms. The SMILES string of the molecule is CC1(C2CC2)NC(=O)N(CC(=O)NCCC2CCCNC2)C1=O. The number of carbonyl (C=O) groups excluding carboxylic acids is 3. The summed E-state index contributed by atoms with van der Waals surface area (Å²) in [6.07, 6.45) is 5.21. The highest BCUT2D eigenvalue weighted by Crippen LogP contribution is 2.42. The minimum atomic E-state index is -0.814. The van der Waals surface area contributed by atoms with Crippen LogP contribution < -0.4 is 16.0 Å². The van der Waals surface area contributed by atoms with Gasteiger partial charge in [0.25, 0.3) is 5.91 Å². The molecule has 2 heterocycles. The molecule has 4 amide bonds. The number of piperidine rings is 1. The number of imide groups is 1. The van der Waals surface area contributed by atoms with Gasteiger partial charge >= 0.3 is 6.03 Å². The first kappa shape index (κ1) is 16.2. The predicted molar refractivity (Wildman–Crippen MR) is 84.6 cm³/mol. The van der Waals surface area contributed by atoms with E-state index in [1.807, 2.05) is 0 Å². The van der Waals surface area contributed by atoms with Crippen molar-refractivity contribution in [3.8, 4) is 0 Å². The molecule has 3 fully saturated rings. The minimum Gasteiger partial charge on any atom is -0.355 e. The van der Waals surface area contributed by atoms with Gasteiger partial charge in [-0.2, -0.15) is 0 Å². The van der Waals surface area contributed by atoms with Crippen LogP contribution in [-0.4, -0.2) is 54.5 Å². The van der Waals surface area contributed by atoms with E-state index >= 15 is 0 Å². The maximum Gasteiger partial charge on any atom is 0.325 e. The zero-order valence-electron chi connectivity index (χ0n) is 13.7. The molecular weight excluding hydrogens is 296 g/mol. The van der Waals surface area contributed by atoms with E-state index in [0.717, 1.165) is 37.3 Å². The standard InChI is InChI=1S/C16H26N4O3/c1-16(12-4-5-12)14(22)20(15(23)19-16)10-13(21)18-8-6-11-3-2-7-17-9-11/h11-12,17H,2-10H2,1H3,(H,18,21)(H,19,23). The molecule has 3 N–H and O–H groups in total. The van der Waals surface area contributed by atoms with Crippen LogP contribution in [0.1, 0.15) is 39.0 Å². The van der Waals surface area contributed by atoms with Gasteiger partial charge < -0.3 is 16.0 Å². The highest BCUT2D eigenvalue weighted by Gasteiger charge is 2.56. The third kappa shape index (κ3) is 3.49. The molecule has 0 aromatic carbocycles. The number of hydrogen-bond acceptors (Lipinski definition) is 4. The Morgan fingerprint density at radius 2 is 2.13 bits per heavy atom. The van der Waals surface area contributed by atoms with E-state index in [0.29, 0.717) is 12.5 Å². The molecule has 7 nitrogen and oxygen atoms in total. The molecule has 1 saturated carbocycles. The molecule has 2 saturated heterocycles. The lowest BCUT2D eigenvalue weighted by Crippen LogP contribution is -2.47. The summed E-state index contributed by atoms with van der Waals surface area (Å²) in [6, 6.07) is -0.448. The highest BCUT2D eigenvalue weighted by atomic mass is 16.2. The molecule has 2 atom stereocenters. The Hall–Kier alpha value is -1.63. The molecule has 3 aliphatic rings. The molecule has 2 aliphatic heterocycles. The summed E-state index contributed by atoms with van der Waals surface area (Å²) in [4.78, 5) is 37.5. The van der Waals surface area contributed by atoms with Crippen molar-refractivity contribution < 1.29 is 14.4 Å². The zero-order valence-corrected chi connectivity index (χ0v) is 13.7. The summed E-state index contributed by atoms with van der Waals surface area (Å²) in [7, 11) is 0. The van der Waals surface area contributed by atoms with Gasteiger partial charge in [0.1, 0.15) is 12.1 Å². The second kappa shape index (κ2) is 6.47. The Balaban J connectivity index is 1.44. The summed E-state index contributed by atoms with van der Waals surface area (Å²) >= 11 is 0.